The highest BCUT2D eigenvalue weighted by Crippen LogP contribution is 2.26. The second-order valence-electron chi connectivity index (χ2n) is 4.03. The van der Waals surface area contributed by atoms with E-state index in [0.29, 0.717) is 5.69 Å². The Balaban J connectivity index is 2.06. The number of rotatable bonds is 5. The standard InChI is InChI=1S/C14H18N2OS/c1-3-10-6-7-18-14(10)9-16-13-5-4-11(17-2)8-12(13)15/h4-8,16H,3,9,15H2,1-2H3. The third-order valence-corrected chi connectivity index (χ3v) is 3.88. The first-order valence-electron chi connectivity index (χ1n) is 5.97. The van der Waals surface area contributed by atoms with Gasteiger partial charge in [0.15, 0.2) is 0 Å². The van der Waals surface area contributed by atoms with Gasteiger partial charge in [-0.2, -0.15) is 0 Å². The fourth-order valence-electron chi connectivity index (χ4n) is 1.84. The molecule has 3 N–H and O–H groups in total. The van der Waals surface area contributed by atoms with Crippen LogP contribution in [0.2, 0.25) is 0 Å². The van der Waals surface area contributed by atoms with Crippen molar-refractivity contribution < 1.29 is 4.74 Å². The number of hydrogen-bond acceptors (Lipinski definition) is 4. The lowest BCUT2D eigenvalue weighted by Gasteiger charge is -2.10. The van der Waals surface area contributed by atoms with Crippen molar-refractivity contribution in [2.75, 3.05) is 18.2 Å². The third kappa shape index (κ3) is 2.76. The minimum absolute atomic E-state index is 0.712. The highest BCUT2D eigenvalue weighted by Gasteiger charge is 2.04. The Hall–Kier alpha value is -1.68. The topological polar surface area (TPSA) is 47.3 Å². The van der Waals surface area contributed by atoms with Crippen LogP contribution in [0.4, 0.5) is 11.4 Å². The quantitative estimate of drug-likeness (QED) is 0.811. The summed E-state index contributed by atoms with van der Waals surface area (Å²) in [5, 5.41) is 5.50. The van der Waals surface area contributed by atoms with Gasteiger partial charge in [0.05, 0.1) is 18.5 Å². The van der Waals surface area contributed by atoms with E-state index in [1.165, 1.54) is 10.4 Å². The summed E-state index contributed by atoms with van der Waals surface area (Å²) < 4.78 is 5.13. The van der Waals surface area contributed by atoms with Crippen molar-refractivity contribution in [3.63, 3.8) is 0 Å². The van der Waals surface area contributed by atoms with Crippen LogP contribution in [0.15, 0.2) is 29.6 Å². The Labute approximate surface area is 112 Å². The zero-order valence-electron chi connectivity index (χ0n) is 10.7. The lowest BCUT2D eigenvalue weighted by atomic mass is 10.2. The molecule has 0 saturated carbocycles. The van der Waals surface area contributed by atoms with Gasteiger partial charge in [-0.1, -0.05) is 6.92 Å². The minimum Gasteiger partial charge on any atom is -0.497 e. The summed E-state index contributed by atoms with van der Waals surface area (Å²) in [5.41, 5.74) is 9.03. The number of aryl methyl sites for hydroxylation is 1. The van der Waals surface area contributed by atoms with Gasteiger partial charge in [0.25, 0.3) is 0 Å². The molecule has 2 aromatic rings. The van der Waals surface area contributed by atoms with Crippen LogP contribution in [0.5, 0.6) is 5.75 Å². The van der Waals surface area contributed by atoms with Crippen LogP contribution >= 0.6 is 11.3 Å². The number of nitrogens with two attached hydrogens (primary N) is 1. The highest BCUT2D eigenvalue weighted by atomic mass is 32.1. The molecule has 18 heavy (non-hydrogen) atoms. The van der Waals surface area contributed by atoms with Crippen molar-refractivity contribution in [1.29, 1.82) is 0 Å². The van der Waals surface area contributed by atoms with Crippen molar-refractivity contribution in [1.82, 2.24) is 0 Å². The summed E-state index contributed by atoms with van der Waals surface area (Å²) in [4.78, 5) is 1.37. The van der Waals surface area contributed by atoms with Gasteiger partial charge in [0, 0.05) is 17.5 Å². The van der Waals surface area contributed by atoms with E-state index in [4.69, 9.17) is 10.5 Å². The van der Waals surface area contributed by atoms with Gasteiger partial charge in [-0.25, -0.2) is 0 Å². The van der Waals surface area contributed by atoms with E-state index in [1.54, 1.807) is 18.4 Å². The Bertz CT molecular complexity index is 522. The third-order valence-electron chi connectivity index (χ3n) is 2.92. The maximum Gasteiger partial charge on any atom is 0.121 e. The summed E-state index contributed by atoms with van der Waals surface area (Å²) >= 11 is 1.78. The number of nitrogen functional groups attached to an aromatic ring is 1. The fraction of sp³-hybridized carbons (Fsp3) is 0.286. The molecule has 0 saturated heterocycles. The maximum absolute atomic E-state index is 5.97. The first-order valence-corrected chi connectivity index (χ1v) is 6.85. The molecule has 3 nitrogen and oxygen atoms in total. The first-order chi connectivity index (χ1) is 8.74. The van der Waals surface area contributed by atoms with Crippen LogP contribution in [0, 0.1) is 0 Å². The van der Waals surface area contributed by atoms with Crippen LogP contribution in [0.1, 0.15) is 17.4 Å². The van der Waals surface area contributed by atoms with E-state index in [0.717, 1.165) is 24.4 Å². The molecule has 2 rings (SSSR count). The van der Waals surface area contributed by atoms with Crippen LogP contribution < -0.4 is 15.8 Å². The summed E-state index contributed by atoms with van der Waals surface area (Å²) in [5.74, 6) is 0.781. The number of hydrogen-bond donors (Lipinski definition) is 2. The van der Waals surface area contributed by atoms with E-state index >= 15 is 0 Å². The van der Waals surface area contributed by atoms with Crippen molar-refractivity contribution in [3.8, 4) is 5.75 Å². The zero-order chi connectivity index (χ0) is 13.0. The number of nitrogens with one attached hydrogen (secondary N) is 1. The van der Waals surface area contributed by atoms with Crippen molar-refractivity contribution in [2.24, 2.45) is 0 Å². The van der Waals surface area contributed by atoms with Crippen molar-refractivity contribution in [3.05, 3.63) is 40.1 Å². The molecule has 1 heterocycles. The molecular weight excluding hydrogens is 244 g/mol. The molecule has 0 aliphatic heterocycles. The van der Waals surface area contributed by atoms with E-state index in [9.17, 15) is 0 Å². The molecular formula is C14H18N2OS. The monoisotopic (exact) mass is 262 g/mol. The number of anilines is 2. The van der Waals surface area contributed by atoms with Crippen molar-refractivity contribution in [2.45, 2.75) is 19.9 Å². The predicted molar refractivity (Wildman–Crippen MR) is 78.4 cm³/mol. The van der Waals surface area contributed by atoms with Crippen LogP contribution in [-0.2, 0) is 13.0 Å². The zero-order valence-corrected chi connectivity index (χ0v) is 11.5. The number of methoxy groups -OCH3 is 1. The maximum atomic E-state index is 5.97. The summed E-state index contributed by atoms with van der Waals surface area (Å²) in [6, 6.07) is 7.87. The molecule has 0 amide bonds. The predicted octanol–water partition coefficient (Wildman–Crippen LogP) is 3.51. The Morgan fingerprint density at radius 3 is 2.83 bits per heavy atom. The molecule has 0 atom stereocenters. The molecule has 0 spiro atoms. The average molecular weight is 262 g/mol. The lowest BCUT2D eigenvalue weighted by molar-refractivity contribution is 0.415. The lowest BCUT2D eigenvalue weighted by Crippen LogP contribution is -2.02. The van der Waals surface area contributed by atoms with Crippen LogP contribution in [0.3, 0.4) is 0 Å². The molecule has 1 aromatic heterocycles. The average Bonchev–Trinajstić information content (AvgIpc) is 2.84. The van der Waals surface area contributed by atoms with Gasteiger partial charge in [0.2, 0.25) is 0 Å². The number of ether oxygens (including phenoxy) is 1. The van der Waals surface area contributed by atoms with E-state index in [2.05, 4.69) is 23.7 Å². The van der Waals surface area contributed by atoms with Gasteiger partial charge >= 0.3 is 0 Å². The number of benzene rings is 1. The SMILES string of the molecule is CCc1ccsc1CNc1ccc(OC)cc1N. The van der Waals surface area contributed by atoms with E-state index in [-0.39, 0.29) is 0 Å². The Morgan fingerprint density at radius 1 is 1.33 bits per heavy atom. The van der Waals surface area contributed by atoms with Crippen LogP contribution in [0.25, 0.3) is 0 Å². The van der Waals surface area contributed by atoms with Gasteiger partial charge < -0.3 is 15.8 Å². The molecule has 96 valence electrons. The molecule has 4 heteroatoms. The summed E-state index contributed by atoms with van der Waals surface area (Å²) in [7, 11) is 1.64. The minimum atomic E-state index is 0.712. The largest absolute Gasteiger partial charge is 0.497 e. The molecule has 1 aromatic carbocycles. The normalized spacial score (nSPS) is 10.3. The Kier molecular flexibility index (Phi) is 4.10. The first kappa shape index (κ1) is 12.8. The van der Waals surface area contributed by atoms with Crippen molar-refractivity contribution >= 4 is 22.7 Å². The van der Waals surface area contributed by atoms with Gasteiger partial charge in [-0.15, -0.1) is 11.3 Å². The smallest absolute Gasteiger partial charge is 0.121 e. The molecule has 0 bridgehead atoms. The summed E-state index contributed by atoms with van der Waals surface area (Å²) in [6.45, 7) is 2.99. The molecule has 0 unspecified atom stereocenters. The second kappa shape index (κ2) is 5.78. The van der Waals surface area contributed by atoms with Crippen LogP contribution in [-0.4, -0.2) is 7.11 Å². The molecule has 0 fully saturated rings. The van der Waals surface area contributed by atoms with E-state index < -0.39 is 0 Å². The van der Waals surface area contributed by atoms with Gasteiger partial charge in [-0.05, 0) is 35.6 Å². The van der Waals surface area contributed by atoms with Gasteiger partial charge in [-0.3, -0.25) is 0 Å². The number of thiophene rings is 1. The molecule has 0 aliphatic carbocycles. The van der Waals surface area contributed by atoms with Gasteiger partial charge in [0.1, 0.15) is 5.75 Å². The summed E-state index contributed by atoms with van der Waals surface area (Å²) in [6.07, 6.45) is 1.07. The highest BCUT2D eigenvalue weighted by molar-refractivity contribution is 7.10. The fourth-order valence-corrected chi connectivity index (χ4v) is 2.76. The second-order valence-corrected chi connectivity index (χ2v) is 5.03. The Morgan fingerprint density at radius 2 is 2.17 bits per heavy atom. The molecule has 0 aliphatic rings. The molecule has 0 radical (unpaired) electrons. The van der Waals surface area contributed by atoms with E-state index in [1.807, 2.05) is 18.2 Å².